The maximum atomic E-state index is 13.0. The Bertz CT molecular complexity index is 473. The predicted molar refractivity (Wildman–Crippen MR) is 65.6 cm³/mol. The first-order valence-electron chi connectivity index (χ1n) is 5.97. The Labute approximate surface area is 105 Å². The largest absolute Gasteiger partial charge is 0.340 e. The number of benzene rings is 1. The molecule has 1 atom stereocenters. The van der Waals surface area contributed by atoms with Gasteiger partial charge in [-0.1, -0.05) is 17.3 Å². The van der Waals surface area contributed by atoms with Crippen LogP contribution in [0.15, 0.2) is 35.1 Å². The summed E-state index contributed by atoms with van der Waals surface area (Å²) in [5, 5.41) is 6.88. The van der Waals surface area contributed by atoms with Crippen LogP contribution < -0.4 is 5.32 Å². The van der Waals surface area contributed by atoms with Gasteiger partial charge in [-0.3, -0.25) is 0 Å². The summed E-state index contributed by atoms with van der Waals surface area (Å²) in [6.07, 6.45) is 2.89. The predicted octanol–water partition coefficient (Wildman–Crippen LogP) is 1.97. The van der Waals surface area contributed by atoms with Gasteiger partial charge in [-0.05, 0) is 31.0 Å². The third kappa shape index (κ3) is 3.92. The molecule has 1 heterocycles. The van der Waals surface area contributed by atoms with Crippen LogP contribution in [0.1, 0.15) is 18.4 Å². The maximum Gasteiger partial charge on any atom is 0.227 e. The molecule has 0 radical (unpaired) electrons. The van der Waals surface area contributed by atoms with Crippen LogP contribution in [-0.4, -0.2) is 22.7 Å². The fourth-order valence-corrected chi connectivity index (χ4v) is 1.82. The van der Waals surface area contributed by atoms with Crippen molar-refractivity contribution in [3.05, 3.63) is 47.9 Å². The van der Waals surface area contributed by atoms with Gasteiger partial charge in [-0.25, -0.2) is 4.39 Å². The zero-order valence-electron chi connectivity index (χ0n) is 10.3. The summed E-state index contributed by atoms with van der Waals surface area (Å²) in [5.41, 5.74) is 0.993. The number of nitrogens with one attached hydrogen (secondary N) is 1. The minimum absolute atomic E-state index is 0.189. The van der Waals surface area contributed by atoms with Crippen molar-refractivity contribution in [1.82, 2.24) is 15.5 Å². The molecule has 0 saturated carbocycles. The molecule has 0 aliphatic rings. The van der Waals surface area contributed by atoms with Crippen LogP contribution in [0.3, 0.4) is 0 Å². The van der Waals surface area contributed by atoms with Crippen LogP contribution in [0.25, 0.3) is 0 Å². The van der Waals surface area contributed by atoms with Crippen molar-refractivity contribution >= 4 is 0 Å². The van der Waals surface area contributed by atoms with Crippen LogP contribution >= 0.6 is 0 Å². The molecule has 1 N–H and O–H groups in total. The minimum Gasteiger partial charge on any atom is -0.340 e. The second-order valence-electron chi connectivity index (χ2n) is 4.27. The SMILES string of the molecule is CC(Cc1cccc(F)c1)NCCc1ncno1. The average Bonchev–Trinajstić information content (AvgIpc) is 2.82. The van der Waals surface area contributed by atoms with E-state index in [4.69, 9.17) is 4.52 Å². The average molecular weight is 249 g/mol. The molecule has 96 valence electrons. The van der Waals surface area contributed by atoms with Crippen molar-refractivity contribution in [2.75, 3.05) is 6.54 Å². The first-order valence-corrected chi connectivity index (χ1v) is 5.97. The van der Waals surface area contributed by atoms with E-state index in [2.05, 4.69) is 22.4 Å². The van der Waals surface area contributed by atoms with E-state index in [0.717, 1.165) is 18.5 Å². The van der Waals surface area contributed by atoms with Gasteiger partial charge in [0.15, 0.2) is 6.33 Å². The molecule has 18 heavy (non-hydrogen) atoms. The molecule has 0 fully saturated rings. The highest BCUT2D eigenvalue weighted by Gasteiger charge is 2.05. The third-order valence-electron chi connectivity index (χ3n) is 2.67. The van der Waals surface area contributed by atoms with Crippen molar-refractivity contribution in [3.63, 3.8) is 0 Å². The Balaban J connectivity index is 1.73. The fraction of sp³-hybridized carbons (Fsp3) is 0.385. The maximum absolute atomic E-state index is 13.0. The summed E-state index contributed by atoms with van der Waals surface area (Å²) in [7, 11) is 0. The molecule has 2 rings (SSSR count). The topological polar surface area (TPSA) is 51.0 Å². The van der Waals surface area contributed by atoms with Crippen LogP contribution in [0.4, 0.5) is 4.39 Å². The Morgan fingerprint density at radius 1 is 1.44 bits per heavy atom. The van der Waals surface area contributed by atoms with Gasteiger partial charge < -0.3 is 9.84 Å². The molecule has 0 amide bonds. The van der Waals surface area contributed by atoms with Crippen molar-refractivity contribution in [1.29, 1.82) is 0 Å². The van der Waals surface area contributed by atoms with E-state index in [-0.39, 0.29) is 11.9 Å². The highest BCUT2D eigenvalue weighted by Crippen LogP contribution is 2.06. The Kier molecular flexibility index (Phi) is 4.41. The van der Waals surface area contributed by atoms with Gasteiger partial charge >= 0.3 is 0 Å². The van der Waals surface area contributed by atoms with Crippen LogP contribution in [0.2, 0.25) is 0 Å². The summed E-state index contributed by atoms with van der Waals surface area (Å²) < 4.78 is 17.9. The zero-order valence-corrected chi connectivity index (χ0v) is 10.3. The van der Waals surface area contributed by atoms with Crippen molar-refractivity contribution < 1.29 is 8.91 Å². The lowest BCUT2D eigenvalue weighted by molar-refractivity contribution is 0.372. The number of aromatic nitrogens is 2. The zero-order chi connectivity index (χ0) is 12.8. The smallest absolute Gasteiger partial charge is 0.227 e. The normalized spacial score (nSPS) is 12.6. The number of nitrogens with zero attached hydrogens (tertiary/aromatic N) is 2. The van der Waals surface area contributed by atoms with Crippen LogP contribution in [-0.2, 0) is 12.8 Å². The number of hydrogen-bond acceptors (Lipinski definition) is 4. The first-order chi connectivity index (χ1) is 8.74. The van der Waals surface area contributed by atoms with Gasteiger partial charge in [0, 0.05) is 19.0 Å². The summed E-state index contributed by atoms with van der Waals surface area (Å²) in [6.45, 7) is 2.83. The van der Waals surface area contributed by atoms with E-state index in [0.29, 0.717) is 12.3 Å². The van der Waals surface area contributed by atoms with Gasteiger partial charge in [0.05, 0.1) is 0 Å². The van der Waals surface area contributed by atoms with E-state index in [1.165, 1.54) is 12.4 Å². The fourth-order valence-electron chi connectivity index (χ4n) is 1.82. The van der Waals surface area contributed by atoms with Crippen molar-refractivity contribution in [2.45, 2.75) is 25.8 Å². The lowest BCUT2D eigenvalue weighted by Gasteiger charge is -2.13. The van der Waals surface area contributed by atoms with Gasteiger partial charge in [0.2, 0.25) is 5.89 Å². The molecule has 4 nitrogen and oxygen atoms in total. The summed E-state index contributed by atoms with van der Waals surface area (Å²) in [4.78, 5) is 3.94. The molecule has 0 aliphatic heterocycles. The molecule has 1 aromatic carbocycles. The van der Waals surface area contributed by atoms with E-state index < -0.39 is 0 Å². The van der Waals surface area contributed by atoms with E-state index >= 15 is 0 Å². The van der Waals surface area contributed by atoms with Crippen LogP contribution in [0, 0.1) is 5.82 Å². The number of rotatable bonds is 6. The molecule has 2 aromatic rings. The first kappa shape index (κ1) is 12.7. The summed E-state index contributed by atoms with van der Waals surface area (Å²) >= 11 is 0. The summed E-state index contributed by atoms with van der Waals surface area (Å²) in [5.74, 6) is 0.436. The molecule has 1 unspecified atom stereocenters. The monoisotopic (exact) mass is 249 g/mol. The molecular weight excluding hydrogens is 233 g/mol. The number of halogens is 1. The van der Waals surface area contributed by atoms with Crippen molar-refractivity contribution in [3.8, 4) is 0 Å². The number of hydrogen-bond donors (Lipinski definition) is 1. The van der Waals surface area contributed by atoms with Crippen molar-refractivity contribution in [2.24, 2.45) is 0 Å². The quantitative estimate of drug-likeness (QED) is 0.850. The standard InChI is InChI=1S/C13H16FN3O/c1-10(7-11-3-2-4-12(14)8-11)15-6-5-13-16-9-17-18-13/h2-4,8-10,15H,5-7H2,1H3. The highest BCUT2D eigenvalue weighted by molar-refractivity contribution is 5.17. The minimum atomic E-state index is -0.189. The Morgan fingerprint density at radius 3 is 3.06 bits per heavy atom. The molecule has 0 saturated heterocycles. The van der Waals surface area contributed by atoms with Crippen LogP contribution in [0.5, 0.6) is 0 Å². The second-order valence-corrected chi connectivity index (χ2v) is 4.27. The molecular formula is C13H16FN3O. The molecule has 5 heteroatoms. The lowest BCUT2D eigenvalue weighted by atomic mass is 10.1. The molecule has 0 aliphatic carbocycles. The van der Waals surface area contributed by atoms with Gasteiger partial charge in [-0.15, -0.1) is 0 Å². The Morgan fingerprint density at radius 2 is 2.33 bits per heavy atom. The second kappa shape index (κ2) is 6.26. The third-order valence-corrected chi connectivity index (χ3v) is 2.67. The lowest BCUT2D eigenvalue weighted by Crippen LogP contribution is -2.30. The highest BCUT2D eigenvalue weighted by atomic mass is 19.1. The van der Waals surface area contributed by atoms with Gasteiger partial charge in [0.1, 0.15) is 5.82 Å². The summed E-state index contributed by atoms with van der Waals surface area (Å²) in [6, 6.07) is 6.96. The van der Waals surface area contributed by atoms with Gasteiger partial charge in [-0.2, -0.15) is 4.98 Å². The van der Waals surface area contributed by atoms with E-state index in [1.54, 1.807) is 12.1 Å². The van der Waals surface area contributed by atoms with Gasteiger partial charge in [0.25, 0.3) is 0 Å². The molecule has 0 bridgehead atoms. The molecule has 1 aromatic heterocycles. The molecule has 0 spiro atoms. The van der Waals surface area contributed by atoms with E-state index in [9.17, 15) is 4.39 Å². The Hall–Kier alpha value is -1.75. The van der Waals surface area contributed by atoms with E-state index in [1.807, 2.05) is 6.07 Å².